The van der Waals surface area contributed by atoms with Crippen molar-refractivity contribution in [2.75, 3.05) is 30.3 Å². The molecule has 0 spiro atoms. The zero-order chi connectivity index (χ0) is 18.4. The fourth-order valence-electron chi connectivity index (χ4n) is 2.03. The zero-order valence-electron chi connectivity index (χ0n) is 13.8. The van der Waals surface area contributed by atoms with E-state index >= 15 is 0 Å². The topological polar surface area (TPSA) is 96.0 Å². The second-order valence-corrected chi connectivity index (χ2v) is 7.29. The van der Waals surface area contributed by atoms with E-state index in [1.54, 1.807) is 13.0 Å². The molecule has 0 unspecified atom stereocenters. The van der Waals surface area contributed by atoms with E-state index in [9.17, 15) is 12.8 Å². The molecule has 0 saturated carbocycles. The van der Waals surface area contributed by atoms with Gasteiger partial charge in [-0.15, -0.1) is 0 Å². The molecule has 0 amide bonds. The van der Waals surface area contributed by atoms with Gasteiger partial charge in [0.25, 0.3) is 0 Å². The Hall–Kier alpha value is -1.97. The standard InChI is InChI=1S/C15H19ClFN5O2S/c1-3-18-14-9-15(22-10(2)21-14)19-6-7-20-25(23,24)11-4-5-13(17)12(16)8-11/h4-5,8-9,20H,3,6-7H2,1-2H3,(H2,18,19,21,22). The second kappa shape index (κ2) is 8.41. The van der Waals surface area contributed by atoms with E-state index in [-0.39, 0.29) is 16.5 Å². The molecule has 10 heteroatoms. The summed E-state index contributed by atoms with van der Waals surface area (Å²) < 4.78 is 39.8. The Balaban J connectivity index is 1.93. The highest BCUT2D eigenvalue weighted by Crippen LogP contribution is 2.19. The van der Waals surface area contributed by atoms with Crippen molar-refractivity contribution in [3.8, 4) is 0 Å². The van der Waals surface area contributed by atoms with Gasteiger partial charge in [0.05, 0.1) is 9.92 Å². The van der Waals surface area contributed by atoms with Crippen LogP contribution < -0.4 is 15.4 Å². The molecule has 1 heterocycles. The number of anilines is 2. The van der Waals surface area contributed by atoms with Crippen LogP contribution in [0.5, 0.6) is 0 Å². The van der Waals surface area contributed by atoms with Crippen molar-refractivity contribution in [3.05, 3.63) is 40.9 Å². The van der Waals surface area contributed by atoms with E-state index in [4.69, 9.17) is 11.6 Å². The number of sulfonamides is 1. The summed E-state index contributed by atoms with van der Waals surface area (Å²) in [6.45, 7) is 4.90. The minimum absolute atomic E-state index is 0.0915. The first kappa shape index (κ1) is 19.4. The molecule has 0 radical (unpaired) electrons. The quantitative estimate of drug-likeness (QED) is 0.602. The lowest BCUT2D eigenvalue weighted by molar-refractivity contribution is 0.582. The van der Waals surface area contributed by atoms with Crippen molar-refractivity contribution in [1.82, 2.24) is 14.7 Å². The van der Waals surface area contributed by atoms with Crippen LogP contribution >= 0.6 is 11.6 Å². The number of nitrogens with one attached hydrogen (secondary N) is 3. The lowest BCUT2D eigenvalue weighted by atomic mass is 10.3. The molecule has 0 saturated heterocycles. The molecule has 0 aliphatic heterocycles. The highest BCUT2D eigenvalue weighted by atomic mass is 35.5. The van der Waals surface area contributed by atoms with Crippen LogP contribution in [0.25, 0.3) is 0 Å². The number of aromatic nitrogens is 2. The maximum absolute atomic E-state index is 13.1. The number of rotatable bonds is 8. The molecule has 1 aromatic heterocycles. The molecule has 3 N–H and O–H groups in total. The second-order valence-electron chi connectivity index (χ2n) is 5.12. The molecule has 0 fully saturated rings. The van der Waals surface area contributed by atoms with E-state index in [1.165, 1.54) is 0 Å². The van der Waals surface area contributed by atoms with Crippen molar-refractivity contribution in [3.63, 3.8) is 0 Å². The molecule has 0 bridgehead atoms. The van der Waals surface area contributed by atoms with E-state index in [1.807, 2.05) is 6.92 Å². The fraction of sp³-hybridized carbons (Fsp3) is 0.333. The number of aryl methyl sites for hydroxylation is 1. The summed E-state index contributed by atoms with van der Waals surface area (Å²) in [5, 5.41) is 5.87. The fourth-order valence-corrected chi connectivity index (χ4v) is 3.34. The predicted octanol–water partition coefficient (Wildman–Crippen LogP) is 2.40. The van der Waals surface area contributed by atoms with E-state index < -0.39 is 15.8 Å². The molecular weight excluding hydrogens is 369 g/mol. The molecule has 136 valence electrons. The molecule has 0 aliphatic rings. The highest BCUT2D eigenvalue weighted by molar-refractivity contribution is 7.89. The molecule has 0 atom stereocenters. The molecule has 1 aromatic carbocycles. The lowest BCUT2D eigenvalue weighted by Gasteiger charge is -2.10. The zero-order valence-corrected chi connectivity index (χ0v) is 15.4. The summed E-state index contributed by atoms with van der Waals surface area (Å²) in [5.41, 5.74) is 0. The molecule has 25 heavy (non-hydrogen) atoms. The Morgan fingerprint density at radius 2 is 1.80 bits per heavy atom. The van der Waals surface area contributed by atoms with Crippen molar-refractivity contribution in [2.45, 2.75) is 18.7 Å². The maximum atomic E-state index is 13.1. The van der Waals surface area contributed by atoms with Crippen molar-refractivity contribution in [2.24, 2.45) is 0 Å². The van der Waals surface area contributed by atoms with Crippen molar-refractivity contribution >= 4 is 33.3 Å². The highest BCUT2D eigenvalue weighted by Gasteiger charge is 2.15. The summed E-state index contributed by atoms with van der Waals surface area (Å²) in [6, 6.07) is 4.99. The Kier molecular flexibility index (Phi) is 6.51. The van der Waals surface area contributed by atoms with Crippen LogP contribution in [-0.4, -0.2) is 38.0 Å². The summed E-state index contributed by atoms with van der Waals surface area (Å²) in [4.78, 5) is 8.37. The molecule has 2 aromatic rings. The minimum atomic E-state index is -3.77. The van der Waals surface area contributed by atoms with E-state index in [2.05, 4.69) is 25.3 Å². The van der Waals surface area contributed by atoms with Gasteiger partial charge in [0, 0.05) is 25.7 Å². The van der Waals surface area contributed by atoms with Crippen LogP contribution in [0.4, 0.5) is 16.0 Å². The monoisotopic (exact) mass is 387 g/mol. The number of hydrogen-bond acceptors (Lipinski definition) is 6. The number of nitrogens with zero attached hydrogens (tertiary/aromatic N) is 2. The van der Waals surface area contributed by atoms with Gasteiger partial charge in [-0.05, 0) is 32.0 Å². The van der Waals surface area contributed by atoms with Crippen LogP contribution in [0.2, 0.25) is 5.02 Å². The smallest absolute Gasteiger partial charge is 0.240 e. The van der Waals surface area contributed by atoms with Gasteiger partial charge in [-0.2, -0.15) is 0 Å². The number of halogens is 2. The van der Waals surface area contributed by atoms with E-state index in [0.717, 1.165) is 24.7 Å². The molecule has 0 aliphatic carbocycles. The Bertz CT molecular complexity index is 848. The Morgan fingerprint density at radius 1 is 1.12 bits per heavy atom. The van der Waals surface area contributed by atoms with Crippen LogP contribution in [0.1, 0.15) is 12.7 Å². The first-order valence-electron chi connectivity index (χ1n) is 7.60. The summed E-state index contributed by atoms with van der Waals surface area (Å²) in [5.74, 6) is 1.21. The average Bonchev–Trinajstić information content (AvgIpc) is 2.54. The third-order valence-electron chi connectivity index (χ3n) is 3.12. The third kappa shape index (κ3) is 5.52. The number of benzene rings is 1. The normalized spacial score (nSPS) is 11.4. The summed E-state index contributed by atoms with van der Waals surface area (Å²) in [7, 11) is -3.77. The Morgan fingerprint density at radius 3 is 2.44 bits per heavy atom. The predicted molar refractivity (Wildman–Crippen MR) is 96.0 cm³/mol. The van der Waals surface area contributed by atoms with Crippen molar-refractivity contribution in [1.29, 1.82) is 0 Å². The van der Waals surface area contributed by atoms with Crippen LogP contribution in [0, 0.1) is 12.7 Å². The van der Waals surface area contributed by atoms with Gasteiger partial charge in [-0.1, -0.05) is 11.6 Å². The number of hydrogen-bond donors (Lipinski definition) is 3. The van der Waals surface area contributed by atoms with Gasteiger partial charge in [-0.25, -0.2) is 27.5 Å². The molecular formula is C15H19ClFN5O2S. The van der Waals surface area contributed by atoms with Gasteiger partial charge in [-0.3, -0.25) is 0 Å². The lowest BCUT2D eigenvalue weighted by Crippen LogP contribution is -2.29. The minimum Gasteiger partial charge on any atom is -0.370 e. The molecule has 2 rings (SSSR count). The first-order valence-corrected chi connectivity index (χ1v) is 9.46. The summed E-state index contributed by atoms with van der Waals surface area (Å²) >= 11 is 5.62. The SMILES string of the molecule is CCNc1cc(NCCNS(=O)(=O)c2ccc(F)c(Cl)c2)nc(C)n1. The van der Waals surface area contributed by atoms with Crippen LogP contribution in [-0.2, 0) is 10.0 Å². The van der Waals surface area contributed by atoms with Gasteiger partial charge < -0.3 is 10.6 Å². The molecule has 7 nitrogen and oxygen atoms in total. The van der Waals surface area contributed by atoms with Gasteiger partial charge >= 0.3 is 0 Å². The third-order valence-corrected chi connectivity index (χ3v) is 4.87. The largest absolute Gasteiger partial charge is 0.370 e. The summed E-state index contributed by atoms with van der Waals surface area (Å²) in [6.07, 6.45) is 0. The Labute approximate surface area is 151 Å². The first-order chi connectivity index (χ1) is 11.8. The van der Waals surface area contributed by atoms with Gasteiger partial charge in [0.2, 0.25) is 10.0 Å². The van der Waals surface area contributed by atoms with E-state index in [0.29, 0.717) is 24.0 Å². The average molecular weight is 388 g/mol. The van der Waals surface area contributed by atoms with Crippen LogP contribution in [0.3, 0.4) is 0 Å². The van der Waals surface area contributed by atoms with Crippen molar-refractivity contribution < 1.29 is 12.8 Å². The maximum Gasteiger partial charge on any atom is 0.240 e. The van der Waals surface area contributed by atoms with Crippen LogP contribution in [0.15, 0.2) is 29.2 Å². The van der Waals surface area contributed by atoms with Gasteiger partial charge in [0.15, 0.2) is 0 Å². The van der Waals surface area contributed by atoms with Gasteiger partial charge in [0.1, 0.15) is 23.3 Å².